The lowest BCUT2D eigenvalue weighted by Crippen LogP contribution is -2.44. The van der Waals surface area contributed by atoms with Gasteiger partial charge < -0.3 is 14.5 Å². The molecule has 1 aliphatic rings. The number of likely N-dealkylation sites (N-methyl/N-ethyl adjacent to an activating group) is 1. The molecular weight excluding hydrogens is 357 g/mol. The predicted octanol–water partition coefficient (Wildman–Crippen LogP) is 2.39. The van der Waals surface area contributed by atoms with Crippen LogP contribution in [-0.2, 0) is 10.0 Å². The maximum absolute atomic E-state index is 13.0. The zero-order chi connectivity index (χ0) is 18.7. The van der Waals surface area contributed by atoms with Gasteiger partial charge in [0.25, 0.3) is 10.0 Å². The molecule has 1 saturated heterocycles. The largest absolute Gasteiger partial charge is 0.495 e. The maximum atomic E-state index is 13.0. The quantitative estimate of drug-likeness (QED) is 0.864. The minimum Gasteiger partial charge on any atom is -0.495 e. The summed E-state index contributed by atoms with van der Waals surface area (Å²) in [5, 5.41) is 0. The van der Waals surface area contributed by atoms with E-state index in [2.05, 4.69) is 21.6 Å². The predicted molar refractivity (Wildman–Crippen MR) is 99.9 cm³/mol. The van der Waals surface area contributed by atoms with E-state index in [0.717, 1.165) is 44.0 Å². The normalized spacial score (nSPS) is 15.7. The van der Waals surface area contributed by atoms with Crippen molar-refractivity contribution in [3.63, 3.8) is 0 Å². The average molecular weight is 379 g/mol. The number of nitrogens with zero attached hydrogens (tertiary/aromatic N) is 2. The van der Waals surface area contributed by atoms with Crippen LogP contribution in [0, 0.1) is 5.82 Å². The van der Waals surface area contributed by atoms with E-state index in [0.29, 0.717) is 11.4 Å². The van der Waals surface area contributed by atoms with Gasteiger partial charge >= 0.3 is 0 Å². The smallest absolute Gasteiger partial charge is 0.261 e. The summed E-state index contributed by atoms with van der Waals surface area (Å²) < 4.78 is 46.0. The molecule has 0 aliphatic carbocycles. The zero-order valence-corrected chi connectivity index (χ0v) is 15.6. The van der Waals surface area contributed by atoms with Gasteiger partial charge in [-0.05, 0) is 49.5 Å². The van der Waals surface area contributed by atoms with Crippen molar-refractivity contribution in [1.82, 2.24) is 4.90 Å². The van der Waals surface area contributed by atoms with Crippen LogP contribution in [0.5, 0.6) is 5.75 Å². The molecule has 1 N–H and O–H groups in total. The molecule has 0 amide bonds. The molecule has 140 valence electrons. The highest BCUT2D eigenvalue weighted by Crippen LogP contribution is 2.32. The van der Waals surface area contributed by atoms with E-state index < -0.39 is 15.8 Å². The summed E-state index contributed by atoms with van der Waals surface area (Å²) in [6.07, 6.45) is 0. The highest BCUT2D eigenvalue weighted by Gasteiger charge is 2.20. The number of rotatable bonds is 5. The Bertz CT molecular complexity index is 864. The van der Waals surface area contributed by atoms with Gasteiger partial charge in [0.05, 0.1) is 23.4 Å². The van der Waals surface area contributed by atoms with Crippen molar-refractivity contribution in [2.24, 2.45) is 0 Å². The van der Waals surface area contributed by atoms with Crippen molar-refractivity contribution in [2.75, 3.05) is 50.0 Å². The first-order chi connectivity index (χ1) is 12.4. The summed E-state index contributed by atoms with van der Waals surface area (Å²) in [4.78, 5) is 4.43. The minimum atomic E-state index is -3.79. The molecule has 1 fully saturated rings. The Labute approximate surface area is 153 Å². The van der Waals surface area contributed by atoms with Gasteiger partial charge in [-0.3, -0.25) is 4.72 Å². The van der Waals surface area contributed by atoms with Gasteiger partial charge in [-0.1, -0.05) is 0 Å². The van der Waals surface area contributed by atoms with Crippen LogP contribution in [0.25, 0.3) is 0 Å². The number of sulfonamides is 1. The molecule has 1 heterocycles. The second-order valence-electron chi connectivity index (χ2n) is 6.24. The fourth-order valence-corrected chi connectivity index (χ4v) is 3.93. The molecule has 0 unspecified atom stereocenters. The lowest BCUT2D eigenvalue weighted by molar-refractivity contribution is 0.311. The standard InChI is InChI=1S/C18H22FN3O3S/c1-21-9-11-22(12-10-21)17-13-15(5-8-18(17)25-2)20-26(23,24)16-6-3-14(19)4-7-16/h3-8,13,20H,9-12H2,1-2H3. The number of halogens is 1. The van der Waals surface area contributed by atoms with Gasteiger partial charge in [-0.2, -0.15) is 0 Å². The van der Waals surface area contributed by atoms with Crippen LogP contribution in [0.3, 0.4) is 0 Å². The van der Waals surface area contributed by atoms with Gasteiger partial charge in [0.2, 0.25) is 0 Å². The van der Waals surface area contributed by atoms with Gasteiger partial charge in [0.1, 0.15) is 11.6 Å². The molecule has 1 aliphatic heterocycles. The van der Waals surface area contributed by atoms with Gasteiger partial charge in [-0.15, -0.1) is 0 Å². The van der Waals surface area contributed by atoms with Crippen molar-refractivity contribution in [3.05, 3.63) is 48.3 Å². The SMILES string of the molecule is COc1ccc(NS(=O)(=O)c2ccc(F)cc2)cc1N1CCN(C)CC1. The summed E-state index contributed by atoms with van der Waals surface area (Å²) >= 11 is 0. The monoisotopic (exact) mass is 379 g/mol. The molecule has 0 spiro atoms. The molecule has 0 radical (unpaired) electrons. The third-order valence-corrected chi connectivity index (χ3v) is 5.80. The molecule has 2 aromatic carbocycles. The Morgan fingerprint density at radius 3 is 2.31 bits per heavy atom. The second kappa shape index (κ2) is 7.51. The fourth-order valence-electron chi connectivity index (χ4n) is 2.88. The molecule has 0 atom stereocenters. The molecule has 2 aromatic rings. The van der Waals surface area contributed by atoms with Crippen LogP contribution in [0.4, 0.5) is 15.8 Å². The lowest BCUT2D eigenvalue weighted by atomic mass is 10.2. The summed E-state index contributed by atoms with van der Waals surface area (Å²) in [6.45, 7) is 3.52. The van der Waals surface area contributed by atoms with Gasteiger partial charge in [-0.25, -0.2) is 12.8 Å². The highest BCUT2D eigenvalue weighted by molar-refractivity contribution is 7.92. The summed E-state index contributed by atoms with van der Waals surface area (Å²) in [6, 6.07) is 9.89. The van der Waals surface area contributed by atoms with E-state index in [9.17, 15) is 12.8 Å². The molecule has 26 heavy (non-hydrogen) atoms. The number of hydrogen-bond donors (Lipinski definition) is 1. The first-order valence-corrected chi connectivity index (χ1v) is 9.77. The van der Waals surface area contributed by atoms with Gasteiger partial charge in [0.15, 0.2) is 0 Å². The molecule has 0 aromatic heterocycles. The van der Waals surface area contributed by atoms with Crippen LogP contribution in [-0.4, -0.2) is 53.7 Å². The topological polar surface area (TPSA) is 61.9 Å². The van der Waals surface area contributed by atoms with Crippen LogP contribution >= 0.6 is 0 Å². The molecule has 0 saturated carbocycles. The van der Waals surface area contributed by atoms with Crippen LogP contribution < -0.4 is 14.4 Å². The van der Waals surface area contributed by atoms with E-state index in [1.807, 2.05) is 0 Å². The number of piperazine rings is 1. The van der Waals surface area contributed by atoms with Crippen molar-refractivity contribution < 1.29 is 17.5 Å². The molecular formula is C18H22FN3O3S. The zero-order valence-electron chi connectivity index (χ0n) is 14.8. The Kier molecular flexibility index (Phi) is 5.33. The third kappa shape index (κ3) is 4.08. The number of nitrogens with one attached hydrogen (secondary N) is 1. The number of methoxy groups -OCH3 is 1. The van der Waals surface area contributed by atoms with Gasteiger partial charge in [0, 0.05) is 26.2 Å². The van der Waals surface area contributed by atoms with Crippen LogP contribution in [0.15, 0.2) is 47.4 Å². The van der Waals surface area contributed by atoms with E-state index in [-0.39, 0.29) is 4.90 Å². The van der Waals surface area contributed by atoms with E-state index in [1.165, 1.54) is 12.1 Å². The number of hydrogen-bond acceptors (Lipinski definition) is 5. The fraction of sp³-hybridized carbons (Fsp3) is 0.333. The number of benzene rings is 2. The summed E-state index contributed by atoms with van der Waals surface area (Å²) in [7, 11) is -0.124. The maximum Gasteiger partial charge on any atom is 0.261 e. The Balaban J connectivity index is 1.86. The van der Waals surface area contributed by atoms with Crippen molar-refractivity contribution in [3.8, 4) is 5.75 Å². The Morgan fingerprint density at radius 2 is 1.69 bits per heavy atom. The summed E-state index contributed by atoms with van der Waals surface area (Å²) in [5.41, 5.74) is 1.28. The Hall–Kier alpha value is -2.32. The van der Waals surface area contributed by atoms with Crippen LogP contribution in [0.1, 0.15) is 0 Å². The first-order valence-electron chi connectivity index (χ1n) is 8.29. The summed E-state index contributed by atoms with van der Waals surface area (Å²) in [5.74, 6) is 0.213. The van der Waals surface area contributed by atoms with E-state index in [1.54, 1.807) is 25.3 Å². The molecule has 3 rings (SSSR count). The average Bonchev–Trinajstić information content (AvgIpc) is 2.62. The molecule has 8 heteroatoms. The third-order valence-electron chi connectivity index (χ3n) is 4.40. The number of ether oxygens (including phenoxy) is 1. The van der Waals surface area contributed by atoms with Crippen molar-refractivity contribution in [2.45, 2.75) is 4.90 Å². The Morgan fingerprint density at radius 1 is 1.04 bits per heavy atom. The highest BCUT2D eigenvalue weighted by atomic mass is 32.2. The molecule has 6 nitrogen and oxygen atoms in total. The van der Waals surface area contributed by atoms with Crippen molar-refractivity contribution in [1.29, 1.82) is 0 Å². The first kappa shape index (κ1) is 18.5. The minimum absolute atomic E-state index is 0.0101. The number of anilines is 2. The van der Waals surface area contributed by atoms with E-state index in [4.69, 9.17) is 4.74 Å². The molecule has 0 bridgehead atoms. The lowest BCUT2D eigenvalue weighted by Gasteiger charge is -2.35. The van der Waals surface area contributed by atoms with Crippen molar-refractivity contribution >= 4 is 21.4 Å². The second-order valence-corrected chi connectivity index (χ2v) is 7.92. The van der Waals surface area contributed by atoms with Crippen LogP contribution in [0.2, 0.25) is 0 Å². The van der Waals surface area contributed by atoms with E-state index >= 15 is 0 Å².